The number of rotatable bonds is 8. The van der Waals surface area contributed by atoms with Gasteiger partial charge in [0, 0.05) is 13.6 Å². The summed E-state index contributed by atoms with van der Waals surface area (Å²) in [5.74, 6) is -0.967. The second kappa shape index (κ2) is 8.10. The fourth-order valence-corrected chi connectivity index (χ4v) is 1.24. The lowest BCUT2D eigenvalue weighted by Gasteiger charge is -2.18. The van der Waals surface area contributed by atoms with Crippen molar-refractivity contribution in [2.45, 2.75) is 39.2 Å². The number of nitrogens with one attached hydrogen (secondary N) is 1. The zero-order valence-corrected chi connectivity index (χ0v) is 10.3. The highest BCUT2D eigenvalue weighted by atomic mass is 16.4. The Morgan fingerprint density at radius 2 is 2.00 bits per heavy atom. The molecule has 0 rings (SSSR count). The van der Waals surface area contributed by atoms with Crippen molar-refractivity contribution >= 4 is 11.9 Å². The van der Waals surface area contributed by atoms with Gasteiger partial charge in [-0.25, -0.2) is 0 Å². The number of carbonyl (C=O) groups is 2. The van der Waals surface area contributed by atoms with Crippen LogP contribution in [-0.2, 0) is 9.59 Å². The van der Waals surface area contributed by atoms with Crippen LogP contribution in [-0.4, -0.2) is 48.1 Å². The van der Waals surface area contributed by atoms with Crippen molar-refractivity contribution in [1.29, 1.82) is 0 Å². The molecule has 0 saturated heterocycles. The summed E-state index contributed by atoms with van der Waals surface area (Å²) in [6, 6.07) is -0.617. The molecule has 0 aliphatic rings. The number of unbranched alkanes of at least 4 members (excludes halogenated alkanes) is 1. The molecule has 0 aromatic rings. The van der Waals surface area contributed by atoms with E-state index in [9.17, 15) is 9.59 Å². The van der Waals surface area contributed by atoms with Crippen LogP contribution >= 0.6 is 0 Å². The summed E-state index contributed by atoms with van der Waals surface area (Å²) in [7, 11) is 1.70. The van der Waals surface area contributed by atoms with Crippen molar-refractivity contribution in [3.05, 3.63) is 0 Å². The minimum atomic E-state index is -0.889. The molecule has 94 valence electrons. The van der Waals surface area contributed by atoms with Gasteiger partial charge in [0.15, 0.2) is 0 Å². The Kier molecular flexibility index (Phi) is 7.54. The molecule has 0 aromatic heterocycles. The number of likely N-dealkylation sites (N-methyl/N-ethyl adjacent to an activating group) is 1. The first-order chi connectivity index (χ1) is 7.52. The van der Waals surface area contributed by atoms with Crippen LogP contribution in [0.15, 0.2) is 0 Å². The maximum Gasteiger partial charge on any atom is 0.320 e. The summed E-state index contributed by atoms with van der Waals surface area (Å²) >= 11 is 0. The molecule has 0 bridgehead atoms. The number of carboxylic acid groups (broad SMARTS) is 1. The fourth-order valence-electron chi connectivity index (χ4n) is 1.24. The van der Waals surface area contributed by atoms with E-state index in [1.54, 1.807) is 11.9 Å². The van der Waals surface area contributed by atoms with E-state index in [1.807, 2.05) is 13.8 Å². The topological polar surface area (TPSA) is 69.6 Å². The van der Waals surface area contributed by atoms with Crippen molar-refractivity contribution < 1.29 is 14.7 Å². The number of carbonyl (C=O) groups excluding carboxylic acids is 1. The minimum absolute atomic E-state index is 0.0785. The van der Waals surface area contributed by atoms with E-state index in [1.165, 1.54) is 0 Å². The fraction of sp³-hybridized carbons (Fsp3) is 0.818. The summed E-state index contributed by atoms with van der Waals surface area (Å²) in [5, 5.41) is 11.7. The number of amides is 1. The van der Waals surface area contributed by atoms with Gasteiger partial charge in [-0.05, 0) is 13.3 Å². The van der Waals surface area contributed by atoms with Crippen molar-refractivity contribution in [2.75, 3.05) is 20.1 Å². The first-order valence-electron chi connectivity index (χ1n) is 5.73. The predicted octanol–water partition coefficient (Wildman–Crippen LogP) is 0.698. The van der Waals surface area contributed by atoms with Crippen LogP contribution in [0, 0.1) is 0 Å². The lowest BCUT2D eigenvalue weighted by atomic mass is 10.1. The number of hydrogen-bond donors (Lipinski definition) is 2. The molecule has 0 aliphatic heterocycles. The smallest absolute Gasteiger partial charge is 0.320 e. The van der Waals surface area contributed by atoms with Crippen molar-refractivity contribution in [3.63, 3.8) is 0 Å². The van der Waals surface area contributed by atoms with E-state index in [4.69, 9.17) is 5.11 Å². The van der Waals surface area contributed by atoms with Crippen LogP contribution in [0.4, 0.5) is 0 Å². The van der Waals surface area contributed by atoms with E-state index < -0.39 is 12.0 Å². The molecule has 0 heterocycles. The zero-order chi connectivity index (χ0) is 12.6. The number of nitrogens with zero attached hydrogens (tertiary/aromatic N) is 1. The molecule has 1 atom stereocenters. The monoisotopic (exact) mass is 230 g/mol. The van der Waals surface area contributed by atoms with Crippen molar-refractivity contribution in [3.8, 4) is 0 Å². The van der Waals surface area contributed by atoms with Crippen LogP contribution in [0.3, 0.4) is 0 Å². The first kappa shape index (κ1) is 14.9. The van der Waals surface area contributed by atoms with Crippen molar-refractivity contribution in [1.82, 2.24) is 10.2 Å². The maximum atomic E-state index is 11.4. The van der Waals surface area contributed by atoms with Crippen LogP contribution in [0.25, 0.3) is 0 Å². The van der Waals surface area contributed by atoms with Gasteiger partial charge in [-0.1, -0.05) is 19.8 Å². The number of carboxylic acids is 1. The average molecular weight is 230 g/mol. The highest BCUT2D eigenvalue weighted by molar-refractivity contribution is 5.79. The molecule has 5 nitrogen and oxygen atoms in total. The summed E-state index contributed by atoms with van der Waals surface area (Å²) in [6.07, 6.45) is 2.37. The molecule has 0 radical (unpaired) electrons. The Morgan fingerprint density at radius 1 is 1.38 bits per heavy atom. The lowest BCUT2D eigenvalue weighted by molar-refractivity contribution is -0.140. The third-order valence-corrected chi connectivity index (χ3v) is 2.54. The third-order valence-electron chi connectivity index (χ3n) is 2.54. The second-order valence-corrected chi connectivity index (χ2v) is 3.82. The Labute approximate surface area is 96.8 Å². The van der Waals surface area contributed by atoms with Crippen LogP contribution < -0.4 is 5.32 Å². The zero-order valence-electron chi connectivity index (χ0n) is 10.3. The van der Waals surface area contributed by atoms with Crippen LogP contribution in [0.2, 0.25) is 0 Å². The van der Waals surface area contributed by atoms with E-state index in [0.717, 1.165) is 12.8 Å². The van der Waals surface area contributed by atoms with E-state index in [-0.39, 0.29) is 12.5 Å². The molecule has 0 aromatic carbocycles. The highest BCUT2D eigenvalue weighted by Gasteiger charge is 2.17. The molecule has 16 heavy (non-hydrogen) atoms. The quantitative estimate of drug-likeness (QED) is 0.644. The molecule has 0 aliphatic carbocycles. The molecule has 0 fully saturated rings. The molecule has 1 amide bonds. The Balaban J connectivity index is 4.01. The first-order valence-corrected chi connectivity index (χ1v) is 5.73. The van der Waals surface area contributed by atoms with Gasteiger partial charge in [-0.15, -0.1) is 0 Å². The van der Waals surface area contributed by atoms with Gasteiger partial charge in [-0.2, -0.15) is 0 Å². The summed E-state index contributed by atoms with van der Waals surface area (Å²) < 4.78 is 0. The van der Waals surface area contributed by atoms with Gasteiger partial charge < -0.3 is 10.0 Å². The minimum Gasteiger partial charge on any atom is -0.480 e. The SMILES string of the molecule is CCCCC(NCC(=O)N(C)CC)C(=O)O. The molecule has 1 unspecified atom stereocenters. The van der Waals surface area contributed by atoms with Crippen LogP contribution in [0.1, 0.15) is 33.1 Å². The van der Waals surface area contributed by atoms with Gasteiger partial charge in [0.05, 0.1) is 6.54 Å². The molecule has 2 N–H and O–H groups in total. The largest absolute Gasteiger partial charge is 0.480 e. The van der Waals surface area contributed by atoms with E-state index in [2.05, 4.69) is 5.32 Å². The van der Waals surface area contributed by atoms with Gasteiger partial charge in [0.25, 0.3) is 0 Å². The summed E-state index contributed by atoms with van der Waals surface area (Å²) in [5.41, 5.74) is 0. The molecular formula is C11H22N2O3. The normalized spacial score (nSPS) is 12.2. The molecule has 0 saturated carbocycles. The molecule has 5 heteroatoms. The third kappa shape index (κ3) is 5.70. The summed E-state index contributed by atoms with van der Waals surface area (Å²) in [6.45, 7) is 4.61. The second-order valence-electron chi connectivity index (χ2n) is 3.82. The van der Waals surface area contributed by atoms with Crippen molar-refractivity contribution in [2.24, 2.45) is 0 Å². The van der Waals surface area contributed by atoms with Gasteiger partial charge in [-0.3, -0.25) is 14.9 Å². The van der Waals surface area contributed by atoms with E-state index >= 15 is 0 Å². The average Bonchev–Trinajstić information content (AvgIpc) is 2.27. The molecule has 0 spiro atoms. The summed E-state index contributed by atoms with van der Waals surface area (Å²) in [4.78, 5) is 23.9. The lowest BCUT2D eigenvalue weighted by Crippen LogP contribution is -2.43. The Bertz CT molecular complexity index is 231. The number of aliphatic carboxylic acids is 1. The predicted molar refractivity (Wildman–Crippen MR) is 62.3 cm³/mol. The molecular weight excluding hydrogens is 208 g/mol. The standard InChI is InChI=1S/C11H22N2O3/c1-4-6-7-9(11(15)16)12-8-10(14)13(3)5-2/h9,12H,4-8H2,1-3H3,(H,15,16). The Hall–Kier alpha value is -1.10. The van der Waals surface area contributed by atoms with Crippen LogP contribution in [0.5, 0.6) is 0 Å². The Morgan fingerprint density at radius 3 is 2.44 bits per heavy atom. The van der Waals surface area contributed by atoms with E-state index in [0.29, 0.717) is 13.0 Å². The highest BCUT2D eigenvalue weighted by Crippen LogP contribution is 2.00. The number of hydrogen-bond acceptors (Lipinski definition) is 3. The van der Waals surface area contributed by atoms with Gasteiger partial charge in [0.1, 0.15) is 6.04 Å². The van der Waals surface area contributed by atoms with Gasteiger partial charge >= 0.3 is 5.97 Å². The maximum absolute atomic E-state index is 11.4. The van der Waals surface area contributed by atoms with Gasteiger partial charge in [0.2, 0.25) is 5.91 Å².